The molecule has 1 aliphatic heterocycles. The van der Waals surface area contributed by atoms with Gasteiger partial charge in [-0.3, -0.25) is 0 Å². The second-order valence-electron chi connectivity index (χ2n) is 7.92. The number of methoxy groups -OCH3 is 1. The first-order valence-electron chi connectivity index (χ1n) is 10.7. The van der Waals surface area contributed by atoms with Crippen molar-refractivity contribution in [3.05, 3.63) is 69.8 Å². The molecule has 1 aliphatic rings. The minimum atomic E-state index is -0.540. The second kappa shape index (κ2) is 9.15. The number of rotatable bonds is 3. The summed E-state index contributed by atoms with van der Waals surface area (Å²) in [6.45, 7) is 2.26. The monoisotopic (exact) mass is 541 g/mol. The lowest BCUT2D eigenvalue weighted by atomic mass is 10.2. The average Bonchev–Trinajstić information content (AvgIpc) is 3.33. The van der Waals surface area contributed by atoms with Crippen LogP contribution in [-0.2, 0) is 4.74 Å². The second-order valence-corrected chi connectivity index (χ2v) is 9.27. The van der Waals surface area contributed by atoms with Crippen LogP contribution in [0.5, 0.6) is 0 Å². The molecule has 1 saturated heterocycles. The van der Waals surface area contributed by atoms with Gasteiger partial charge >= 0.3 is 12.0 Å². The maximum Gasteiger partial charge on any atom is 0.339 e. The highest BCUT2D eigenvalue weighted by molar-refractivity contribution is 9.10. The molecular weight excluding hydrogens is 522 g/mol. The third-order valence-corrected chi connectivity index (χ3v) is 6.62. The van der Waals surface area contributed by atoms with Crippen LogP contribution in [0.4, 0.5) is 16.3 Å². The Morgan fingerprint density at radius 1 is 1.06 bits per heavy atom. The van der Waals surface area contributed by atoms with Crippen LogP contribution in [0.1, 0.15) is 10.4 Å². The van der Waals surface area contributed by atoms with Crippen molar-refractivity contribution in [2.24, 2.45) is 0 Å². The summed E-state index contributed by atoms with van der Waals surface area (Å²) in [7, 11) is 1.29. The van der Waals surface area contributed by atoms with Gasteiger partial charge in [-0.2, -0.15) is 0 Å². The van der Waals surface area contributed by atoms with Crippen LogP contribution in [0, 0.1) is 0 Å². The largest absolute Gasteiger partial charge is 0.465 e. The Bertz CT molecular complexity index is 1410. The number of nitrogens with one attached hydrogen (secondary N) is 1. The molecule has 1 fully saturated rings. The molecule has 1 N–H and O–H groups in total. The maximum atomic E-state index is 12.9. The maximum absolute atomic E-state index is 12.9. The molecule has 10 heteroatoms. The van der Waals surface area contributed by atoms with Crippen molar-refractivity contribution in [1.82, 2.24) is 14.3 Å². The number of piperazine rings is 1. The SMILES string of the molecule is COC(=O)c1ccc(Cl)cc1NC(=O)N1CCN(c2nc3cc(Br)ccc3n3cccc23)CC1. The lowest BCUT2D eigenvalue weighted by Gasteiger charge is -2.35. The van der Waals surface area contributed by atoms with Crippen LogP contribution >= 0.6 is 27.5 Å². The Kier molecular flexibility index (Phi) is 6.05. The van der Waals surface area contributed by atoms with Gasteiger partial charge in [0.1, 0.15) is 0 Å². The van der Waals surface area contributed by atoms with Gasteiger partial charge in [-0.05, 0) is 48.5 Å². The molecule has 8 nitrogen and oxygen atoms in total. The third kappa shape index (κ3) is 4.17. The van der Waals surface area contributed by atoms with E-state index in [-0.39, 0.29) is 11.6 Å². The first-order chi connectivity index (χ1) is 16.4. The number of aromatic nitrogens is 2. The molecule has 0 atom stereocenters. The van der Waals surface area contributed by atoms with Crippen LogP contribution in [0.2, 0.25) is 5.02 Å². The number of carbonyl (C=O) groups excluding carboxylic acids is 2. The highest BCUT2D eigenvalue weighted by Gasteiger charge is 2.25. The first-order valence-corrected chi connectivity index (χ1v) is 11.9. The number of urea groups is 1. The molecule has 0 saturated carbocycles. The molecule has 0 bridgehead atoms. The predicted octanol–water partition coefficient (Wildman–Crippen LogP) is 5.04. The lowest BCUT2D eigenvalue weighted by Crippen LogP contribution is -2.50. The molecule has 2 amide bonds. The summed E-state index contributed by atoms with van der Waals surface area (Å²) in [5, 5.41) is 3.22. The van der Waals surface area contributed by atoms with Gasteiger partial charge in [0.05, 0.1) is 34.9 Å². The molecule has 0 radical (unpaired) electrons. The van der Waals surface area contributed by atoms with E-state index in [1.807, 2.05) is 30.5 Å². The fourth-order valence-corrected chi connectivity index (χ4v) is 4.71. The van der Waals surface area contributed by atoms with E-state index in [1.54, 1.807) is 17.0 Å². The van der Waals surface area contributed by atoms with Crippen LogP contribution < -0.4 is 10.2 Å². The van der Waals surface area contributed by atoms with Crippen molar-refractivity contribution < 1.29 is 14.3 Å². The summed E-state index contributed by atoms with van der Waals surface area (Å²) in [6, 6.07) is 14.5. The standard InChI is InChI=1S/C24H21BrClN5O3/c1-34-23(32)17-6-5-16(26)14-18(17)28-24(33)30-11-9-29(10-12-30)22-21-3-2-8-31(21)20-7-4-15(25)13-19(20)27-22/h2-8,13-14H,9-12H2,1H3,(H,28,33). The molecule has 0 spiro atoms. The Morgan fingerprint density at radius 2 is 1.85 bits per heavy atom. The third-order valence-electron chi connectivity index (χ3n) is 5.90. The summed E-state index contributed by atoms with van der Waals surface area (Å²) in [6.07, 6.45) is 2.03. The normalized spacial score (nSPS) is 14.0. The Labute approximate surface area is 209 Å². The fraction of sp³-hybridized carbons (Fsp3) is 0.208. The molecule has 2 aromatic carbocycles. The zero-order valence-corrected chi connectivity index (χ0v) is 20.6. The van der Waals surface area contributed by atoms with Crippen LogP contribution in [0.3, 0.4) is 0 Å². The van der Waals surface area contributed by atoms with Crippen molar-refractivity contribution in [2.45, 2.75) is 0 Å². The molecular formula is C24H21BrClN5O3. The van der Waals surface area contributed by atoms with Crippen molar-refractivity contribution in [2.75, 3.05) is 43.5 Å². The Balaban J connectivity index is 1.34. The van der Waals surface area contributed by atoms with Crippen LogP contribution in [0.15, 0.2) is 59.2 Å². The van der Waals surface area contributed by atoms with Crippen LogP contribution in [0.25, 0.3) is 16.6 Å². The summed E-state index contributed by atoms with van der Waals surface area (Å²) >= 11 is 9.61. The van der Waals surface area contributed by atoms with Gasteiger partial charge < -0.3 is 24.3 Å². The highest BCUT2D eigenvalue weighted by Crippen LogP contribution is 2.28. The smallest absolute Gasteiger partial charge is 0.339 e. The van der Waals surface area contributed by atoms with E-state index >= 15 is 0 Å². The van der Waals surface area contributed by atoms with E-state index in [0.717, 1.165) is 26.8 Å². The minimum Gasteiger partial charge on any atom is -0.465 e. The van der Waals surface area contributed by atoms with Gasteiger partial charge in [0.15, 0.2) is 5.82 Å². The lowest BCUT2D eigenvalue weighted by molar-refractivity contribution is 0.0602. The topological polar surface area (TPSA) is 79.2 Å². The number of hydrogen-bond donors (Lipinski definition) is 1. The molecule has 5 rings (SSSR count). The zero-order valence-electron chi connectivity index (χ0n) is 18.3. The summed E-state index contributed by atoms with van der Waals surface area (Å²) < 4.78 is 7.91. The molecule has 4 aromatic rings. The molecule has 34 heavy (non-hydrogen) atoms. The minimum absolute atomic E-state index is 0.251. The van der Waals surface area contributed by atoms with Gasteiger partial charge in [-0.25, -0.2) is 14.6 Å². The first kappa shape index (κ1) is 22.5. The van der Waals surface area contributed by atoms with Crippen LogP contribution in [-0.4, -0.2) is 59.6 Å². The fourth-order valence-electron chi connectivity index (χ4n) is 4.19. The quantitative estimate of drug-likeness (QED) is 0.367. The number of anilines is 2. The van der Waals surface area contributed by atoms with E-state index in [9.17, 15) is 9.59 Å². The molecule has 2 aromatic heterocycles. The predicted molar refractivity (Wildman–Crippen MR) is 136 cm³/mol. The van der Waals surface area contributed by atoms with Crippen molar-refractivity contribution >= 4 is 67.6 Å². The number of nitrogens with zero attached hydrogens (tertiary/aromatic N) is 4. The molecule has 174 valence electrons. The van der Waals surface area contributed by atoms with Crippen molar-refractivity contribution in [1.29, 1.82) is 0 Å². The number of ether oxygens (including phenoxy) is 1. The van der Waals surface area contributed by atoms with Gasteiger partial charge in [-0.1, -0.05) is 27.5 Å². The number of benzene rings is 2. The zero-order chi connectivity index (χ0) is 23.8. The number of hydrogen-bond acceptors (Lipinski definition) is 5. The number of halogens is 2. The molecule has 0 aliphatic carbocycles. The number of amides is 2. The summed E-state index contributed by atoms with van der Waals surface area (Å²) in [5.74, 6) is 0.348. The van der Waals surface area contributed by atoms with Gasteiger partial charge in [0, 0.05) is 41.9 Å². The van der Waals surface area contributed by atoms with Crippen molar-refractivity contribution in [3.63, 3.8) is 0 Å². The van der Waals surface area contributed by atoms with Gasteiger partial charge in [-0.15, -0.1) is 0 Å². The van der Waals surface area contributed by atoms with Gasteiger partial charge in [0.25, 0.3) is 0 Å². The number of esters is 1. The van der Waals surface area contributed by atoms with E-state index in [4.69, 9.17) is 21.3 Å². The van der Waals surface area contributed by atoms with E-state index < -0.39 is 5.97 Å². The number of fused-ring (bicyclic) bond motifs is 3. The Morgan fingerprint density at radius 3 is 2.62 bits per heavy atom. The summed E-state index contributed by atoms with van der Waals surface area (Å²) in [5.41, 5.74) is 3.52. The highest BCUT2D eigenvalue weighted by atomic mass is 79.9. The van der Waals surface area contributed by atoms with E-state index in [0.29, 0.717) is 36.9 Å². The Hall–Kier alpha value is -3.30. The van der Waals surface area contributed by atoms with E-state index in [2.05, 4.69) is 36.6 Å². The van der Waals surface area contributed by atoms with Gasteiger partial charge in [0.2, 0.25) is 0 Å². The number of carbonyl (C=O) groups is 2. The summed E-state index contributed by atoms with van der Waals surface area (Å²) in [4.78, 5) is 33.8. The molecule has 3 heterocycles. The van der Waals surface area contributed by atoms with Crippen molar-refractivity contribution in [3.8, 4) is 0 Å². The average molecular weight is 543 g/mol. The molecule has 0 unspecified atom stereocenters. The van der Waals surface area contributed by atoms with E-state index in [1.165, 1.54) is 13.2 Å².